The molecule has 106 valence electrons. The van der Waals surface area contributed by atoms with Gasteiger partial charge in [0.2, 0.25) is 0 Å². The van der Waals surface area contributed by atoms with Crippen molar-refractivity contribution >= 4 is 11.7 Å². The van der Waals surface area contributed by atoms with Crippen molar-refractivity contribution in [2.45, 2.75) is 40.2 Å². The number of amides is 2. The van der Waals surface area contributed by atoms with Crippen LogP contribution in [0.5, 0.6) is 0 Å². The number of para-hydroxylation sites is 1. The van der Waals surface area contributed by atoms with Crippen LogP contribution in [-0.2, 0) is 4.74 Å². The van der Waals surface area contributed by atoms with Gasteiger partial charge in [-0.15, -0.1) is 0 Å². The second-order valence-corrected chi connectivity index (χ2v) is 4.92. The molecule has 1 aromatic rings. The van der Waals surface area contributed by atoms with Crippen LogP contribution in [0.3, 0.4) is 0 Å². The third-order valence-corrected chi connectivity index (χ3v) is 2.78. The van der Waals surface area contributed by atoms with Crippen molar-refractivity contribution in [3.05, 3.63) is 29.3 Å². The first-order valence-corrected chi connectivity index (χ1v) is 6.73. The van der Waals surface area contributed by atoms with E-state index in [0.29, 0.717) is 13.2 Å². The average Bonchev–Trinajstić information content (AvgIpc) is 2.33. The van der Waals surface area contributed by atoms with Gasteiger partial charge in [0.15, 0.2) is 0 Å². The van der Waals surface area contributed by atoms with E-state index in [1.807, 2.05) is 45.9 Å². The topological polar surface area (TPSA) is 50.4 Å². The van der Waals surface area contributed by atoms with Gasteiger partial charge < -0.3 is 15.4 Å². The van der Waals surface area contributed by atoms with Crippen LogP contribution in [0.15, 0.2) is 18.2 Å². The molecule has 0 unspecified atom stereocenters. The molecule has 0 radical (unpaired) electrons. The second kappa shape index (κ2) is 7.79. The van der Waals surface area contributed by atoms with Crippen LogP contribution >= 0.6 is 0 Å². The van der Waals surface area contributed by atoms with Gasteiger partial charge in [-0.25, -0.2) is 4.79 Å². The molecule has 0 aromatic heterocycles. The van der Waals surface area contributed by atoms with Gasteiger partial charge in [-0.2, -0.15) is 0 Å². The van der Waals surface area contributed by atoms with Crippen molar-refractivity contribution in [1.29, 1.82) is 0 Å². The molecule has 0 saturated heterocycles. The van der Waals surface area contributed by atoms with Gasteiger partial charge in [-0.3, -0.25) is 0 Å². The van der Waals surface area contributed by atoms with Crippen LogP contribution in [0.4, 0.5) is 10.5 Å². The summed E-state index contributed by atoms with van der Waals surface area (Å²) in [6.07, 6.45) is 1.06. The van der Waals surface area contributed by atoms with Gasteiger partial charge in [0.25, 0.3) is 0 Å². The zero-order chi connectivity index (χ0) is 14.3. The Balaban J connectivity index is 2.32. The van der Waals surface area contributed by atoms with E-state index >= 15 is 0 Å². The van der Waals surface area contributed by atoms with Gasteiger partial charge in [0.05, 0.1) is 6.10 Å². The molecular formula is C15H24N2O2. The third kappa shape index (κ3) is 5.75. The van der Waals surface area contributed by atoms with E-state index in [1.54, 1.807) is 0 Å². The summed E-state index contributed by atoms with van der Waals surface area (Å²) < 4.78 is 5.41. The lowest BCUT2D eigenvalue weighted by Crippen LogP contribution is -2.30. The molecule has 4 heteroatoms. The van der Waals surface area contributed by atoms with Crippen LogP contribution in [0.1, 0.15) is 31.4 Å². The summed E-state index contributed by atoms with van der Waals surface area (Å²) in [5, 5.41) is 5.72. The summed E-state index contributed by atoms with van der Waals surface area (Å²) in [6.45, 7) is 9.26. The van der Waals surface area contributed by atoms with E-state index in [4.69, 9.17) is 4.74 Å². The Morgan fingerprint density at radius 3 is 2.47 bits per heavy atom. The number of carbonyl (C=O) groups is 1. The number of hydrogen-bond acceptors (Lipinski definition) is 2. The van der Waals surface area contributed by atoms with E-state index in [-0.39, 0.29) is 12.1 Å². The first-order valence-electron chi connectivity index (χ1n) is 6.73. The van der Waals surface area contributed by atoms with Crippen LogP contribution in [0, 0.1) is 13.8 Å². The lowest BCUT2D eigenvalue weighted by molar-refractivity contribution is 0.0775. The second-order valence-electron chi connectivity index (χ2n) is 4.92. The van der Waals surface area contributed by atoms with Gasteiger partial charge in [0.1, 0.15) is 0 Å². The molecule has 2 N–H and O–H groups in total. The maximum Gasteiger partial charge on any atom is 0.319 e. The average molecular weight is 264 g/mol. The van der Waals surface area contributed by atoms with Crippen molar-refractivity contribution in [3.8, 4) is 0 Å². The zero-order valence-corrected chi connectivity index (χ0v) is 12.2. The normalized spacial score (nSPS) is 10.6. The molecule has 0 atom stereocenters. The number of nitrogens with one attached hydrogen (secondary N) is 2. The predicted molar refractivity (Wildman–Crippen MR) is 78.6 cm³/mol. The van der Waals surface area contributed by atoms with Gasteiger partial charge in [-0.1, -0.05) is 18.2 Å². The molecule has 0 spiro atoms. The minimum Gasteiger partial charge on any atom is -0.379 e. The number of anilines is 1. The predicted octanol–water partition coefficient (Wildman–Crippen LogP) is 3.24. The highest BCUT2D eigenvalue weighted by atomic mass is 16.5. The summed E-state index contributed by atoms with van der Waals surface area (Å²) in [7, 11) is 0. The fourth-order valence-electron chi connectivity index (χ4n) is 1.76. The van der Waals surface area contributed by atoms with E-state index < -0.39 is 0 Å². The number of benzene rings is 1. The molecule has 0 aliphatic heterocycles. The molecule has 2 amide bonds. The van der Waals surface area contributed by atoms with Crippen molar-refractivity contribution in [1.82, 2.24) is 5.32 Å². The van der Waals surface area contributed by atoms with E-state index in [0.717, 1.165) is 23.2 Å². The Bertz CT molecular complexity index is 396. The van der Waals surface area contributed by atoms with Gasteiger partial charge in [0, 0.05) is 18.8 Å². The SMILES string of the molecule is Cc1cccc(C)c1NC(=O)NCCCOC(C)C. The summed E-state index contributed by atoms with van der Waals surface area (Å²) in [4.78, 5) is 11.8. The number of urea groups is 1. The molecule has 1 aromatic carbocycles. The van der Waals surface area contributed by atoms with Gasteiger partial charge >= 0.3 is 6.03 Å². The molecule has 4 nitrogen and oxygen atoms in total. The minimum absolute atomic E-state index is 0.165. The highest BCUT2D eigenvalue weighted by Crippen LogP contribution is 2.18. The number of hydrogen-bond donors (Lipinski definition) is 2. The lowest BCUT2D eigenvalue weighted by Gasteiger charge is -2.12. The molecule has 0 fully saturated rings. The largest absolute Gasteiger partial charge is 0.379 e. The van der Waals surface area contributed by atoms with Crippen LogP contribution in [0.2, 0.25) is 0 Å². The van der Waals surface area contributed by atoms with Crippen molar-refractivity contribution in [2.24, 2.45) is 0 Å². The third-order valence-electron chi connectivity index (χ3n) is 2.78. The molecule has 1 rings (SSSR count). The molecule has 0 heterocycles. The minimum atomic E-state index is -0.165. The first-order chi connectivity index (χ1) is 9.00. The lowest BCUT2D eigenvalue weighted by atomic mass is 10.1. The van der Waals surface area contributed by atoms with Crippen LogP contribution in [0.25, 0.3) is 0 Å². The van der Waals surface area contributed by atoms with Crippen molar-refractivity contribution in [2.75, 3.05) is 18.5 Å². The fraction of sp³-hybridized carbons (Fsp3) is 0.533. The fourth-order valence-corrected chi connectivity index (χ4v) is 1.76. The molecular weight excluding hydrogens is 240 g/mol. The first kappa shape index (κ1) is 15.5. The number of rotatable bonds is 6. The zero-order valence-electron chi connectivity index (χ0n) is 12.2. The van der Waals surface area contributed by atoms with Crippen LogP contribution in [-0.4, -0.2) is 25.3 Å². The van der Waals surface area contributed by atoms with E-state index in [9.17, 15) is 4.79 Å². The summed E-state index contributed by atoms with van der Waals surface area (Å²) in [5.41, 5.74) is 3.02. The quantitative estimate of drug-likeness (QED) is 0.775. The Kier molecular flexibility index (Phi) is 6.36. The van der Waals surface area contributed by atoms with Crippen LogP contribution < -0.4 is 10.6 Å². The Labute approximate surface area is 115 Å². The number of aryl methyl sites for hydroxylation is 2. The van der Waals surface area contributed by atoms with Gasteiger partial charge in [-0.05, 0) is 45.2 Å². The Hall–Kier alpha value is -1.55. The Morgan fingerprint density at radius 2 is 1.89 bits per heavy atom. The molecule has 0 saturated carbocycles. The van der Waals surface area contributed by atoms with Crippen molar-refractivity contribution in [3.63, 3.8) is 0 Å². The molecule has 0 bridgehead atoms. The summed E-state index contributed by atoms with van der Waals surface area (Å²) in [6, 6.07) is 5.79. The van der Waals surface area contributed by atoms with E-state index in [1.165, 1.54) is 0 Å². The van der Waals surface area contributed by atoms with E-state index in [2.05, 4.69) is 10.6 Å². The highest BCUT2D eigenvalue weighted by Gasteiger charge is 2.06. The molecule has 0 aliphatic carbocycles. The summed E-state index contributed by atoms with van der Waals surface area (Å²) in [5.74, 6) is 0. The highest BCUT2D eigenvalue weighted by molar-refractivity contribution is 5.90. The standard InChI is InChI=1S/C15H24N2O2/c1-11(2)19-10-6-9-16-15(18)17-14-12(3)7-5-8-13(14)4/h5,7-8,11H,6,9-10H2,1-4H3,(H2,16,17,18). The smallest absolute Gasteiger partial charge is 0.319 e. The maximum absolute atomic E-state index is 11.8. The number of ether oxygens (including phenoxy) is 1. The maximum atomic E-state index is 11.8. The molecule has 19 heavy (non-hydrogen) atoms. The van der Waals surface area contributed by atoms with Crippen molar-refractivity contribution < 1.29 is 9.53 Å². The number of carbonyl (C=O) groups excluding carboxylic acids is 1. The molecule has 0 aliphatic rings. The monoisotopic (exact) mass is 264 g/mol. The Morgan fingerprint density at radius 1 is 1.26 bits per heavy atom. The summed E-state index contributed by atoms with van der Waals surface area (Å²) >= 11 is 0.